The molecule has 3 aromatic rings. The van der Waals surface area contributed by atoms with E-state index in [2.05, 4.69) is 12.2 Å². The fraction of sp³-hybridized carbons (Fsp3) is 0.321. The van der Waals surface area contributed by atoms with E-state index in [1.165, 1.54) is 38.0 Å². The number of hydrogen-bond acceptors (Lipinski definition) is 7. The summed E-state index contributed by atoms with van der Waals surface area (Å²) in [6, 6.07) is 18.5. The minimum Gasteiger partial charge on any atom is -0.494 e. The van der Waals surface area contributed by atoms with Crippen LogP contribution in [-0.2, 0) is 21.2 Å². The third-order valence-electron chi connectivity index (χ3n) is 5.69. The minimum absolute atomic E-state index is 0.0457. The Labute approximate surface area is 224 Å². The normalized spacial score (nSPS) is 10.9. The Balaban J connectivity index is 1.76. The zero-order valence-electron chi connectivity index (χ0n) is 22.1. The fourth-order valence-electron chi connectivity index (χ4n) is 3.66. The first kappa shape index (κ1) is 28.6. The Morgan fingerprint density at radius 2 is 1.47 bits per heavy atom. The van der Waals surface area contributed by atoms with Crippen molar-refractivity contribution < 1.29 is 32.2 Å². The fourth-order valence-corrected chi connectivity index (χ4v) is 5.10. The van der Waals surface area contributed by atoms with Gasteiger partial charge in [0.15, 0.2) is 11.5 Å². The maximum Gasteiger partial charge on any atom is 0.264 e. The van der Waals surface area contributed by atoms with Crippen LogP contribution in [0.4, 0.5) is 5.69 Å². The van der Waals surface area contributed by atoms with Crippen LogP contribution in [0.3, 0.4) is 0 Å². The summed E-state index contributed by atoms with van der Waals surface area (Å²) >= 11 is 0. The highest BCUT2D eigenvalue weighted by Gasteiger charge is 2.28. The van der Waals surface area contributed by atoms with Gasteiger partial charge in [-0.2, -0.15) is 0 Å². The van der Waals surface area contributed by atoms with Crippen LogP contribution in [0.15, 0.2) is 71.6 Å². The number of ether oxygens (including phenoxy) is 4. The number of aryl methyl sites for hydroxylation is 1. The molecule has 0 saturated carbocycles. The summed E-state index contributed by atoms with van der Waals surface area (Å²) in [5, 5.41) is 2.73. The average molecular weight is 543 g/mol. The molecule has 0 radical (unpaired) electrons. The molecule has 1 N–H and O–H groups in total. The number of carbonyl (C=O) groups is 1. The number of nitrogens with one attached hydrogen (secondary N) is 1. The number of anilines is 1. The molecule has 0 unspecified atom stereocenters. The van der Waals surface area contributed by atoms with Crippen LogP contribution >= 0.6 is 0 Å². The molecule has 0 saturated heterocycles. The van der Waals surface area contributed by atoms with Crippen molar-refractivity contribution in [3.05, 3.63) is 72.3 Å². The van der Waals surface area contributed by atoms with Crippen LogP contribution in [0.5, 0.6) is 23.0 Å². The first-order valence-electron chi connectivity index (χ1n) is 12.3. The molecule has 0 aliphatic heterocycles. The van der Waals surface area contributed by atoms with Gasteiger partial charge in [-0.25, -0.2) is 8.42 Å². The SMILES string of the molecule is CCOc1ccc(N(CC(=O)NCCOc2ccc(CC)cc2)S(=O)(=O)c2ccc(OC)c(OC)c2)cc1. The van der Waals surface area contributed by atoms with Crippen molar-refractivity contribution in [2.75, 3.05) is 44.8 Å². The maximum absolute atomic E-state index is 13.7. The second-order valence-corrected chi connectivity index (χ2v) is 10.0. The summed E-state index contributed by atoms with van der Waals surface area (Å²) in [5.41, 5.74) is 1.52. The van der Waals surface area contributed by atoms with E-state index in [1.54, 1.807) is 24.3 Å². The van der Waals surface area contributed by atoms with Gasteiger partial charge in [-0.1, -0.05) is 19.1 Å². The average Bonchev–Trinajstić information content (AvgIpc) is 2.94. The Morgan fingerprint density at radius 3 is 2.08 bits per heavy atom. The van der Waals surface area contributed by atoms with E-state index in [0.29, 0.717) is 29.5 Å². The highest BCUT2D eigenvalue weighted by Crippen LogP contribution is 2.32. The van der Waals surface area contributed by atoms with Crippen LogP contribution in [0.1, 0.15) is 19.4 Å². The van der Waals surface area contributed by atoms with Gasteiger partial charge in [0.1, 0.15) is 24.7 Å². The molecule has 0 aromatic heterocycles. The number of sulfonamides is 1. The van der Waals surface area contributed by atoms with Crippen molar-refractivity contribution in [2.24, 2.45) is 0 Å². The number of rotatable bonds is 14. The highest BCUT2D eigenvalue weighted by atomic mass is 32.2. The smallest absolute Gasteiger partial charge is 0.264 e. The molecule has 0 heterocycles. The van der Waals surface area contributed by atoms with Gasteiger partial charge < -0.3 is 24.3 Å². The Bertz CT molecular complexity index is 1290. The summed E-state index contributed by atoms with van der Waals surface area (Å²) < 4.78 is 50.1. The quantitative estimate of drug-likeness (QED) is 0.307. The lowest BCUT2D eigenvalue weighted by Crippen LogP contribution is -2.41. The summed E-state index contributed by atoms with van der Waals surface area (Å²) in [4.78, 5) is 12.8. The summed E-state index contributed by atoms with van der Waals surface area (Å²) in [6.07, 6.45) is 0.938. The summed E-state index contributed by atoms with van der Waals surface area (Å²) in [5.74, 6) is 1.46. The predicted octanol–water partition coefficient (Wildman–Crippen LogP) is 4.06. The van der Waals surface area contributed by atoms with Gasteiger partial charge in [-0.3, -0.25) is 9.10 Å². The lowest BCUT2D eigenvalue weighted by atomic mass is 10.2. The zero-order valence-corrected chi connectivity index (χ0v) is 22.9. The van der Waals surface area contributed by atoms with Crippen molar-refractivity contribution in [2.45, 2.75) is 25.2 Å². The van der Waals surface area contributed by atoms with Gasteiger partial charge in [0.25, 0.3) is 10.0 Å². The molecular weight excluding hydrogens is 508 g/mol. The van der Waals surface area contributed by atoms with Crippen LogP contribution in [0.25, 0.3) is 0 Å². The molecule has 0 fully saturated rings. The molecule has 1 amide bonds. The second-order valence-electron chi connectivity index (χ2n) is 8.15. The van der Waals surface area contributed by atoms with Crippen molar-refractivity contribution in [3.8, 4) is 23.0 Å². The molecule has 0 aliphatic rings. The second kappa shape index (κ2) is 13.6. The molecule has 3 aromatic carbocycles. The molecule has 0 spiro atoms. The van der Waals surface area contributed by atoms with Crippen molar-refractivity contribution in [1.82, 2.24) is 5.32 Å². The number of methoxy groups -OCH3 is 2. The zero-order chi connectivity index (χ0) is 27.5. The maximum atomic E-state index is 13.7. The summed E-state index contributed by atoms with van der Waals surface area (Å²) in [6.45, 7) is 4.42. The van der Waals surface area contributed by atoms with E-state index in [0.717, 1.165) is 10.7 Å². The molecule has 0 aliphatic carbocycles. The van der Waals surface area contributed by atoms with Gasteiger partial charge in [-0.15, -0.1) is 0 Å². The van der Waals surface area contributed by atoms with E-state index in [9.17, 15) is 13.2 Å². The number of carbonyl (C=O) groups excluding carboxylic acids is 1. The monoisotopic (exact) mass is 542 g/mol. The topological polar surface area (TPSA) is 103 Å². The van der Waals surface area contributed by atoms with Gasteiger partial charge in [0.2, 0.25) is 5.91 Å². The molecule has 3 rings (SSSR count). The molecule has 0 atom stereocenters. The Hall–Kier alpha value is -3.92. The predicted molar refractivity (Wildman–Crippen MR) is 146 cm³/mol. The van der Waals surface area contributed by atoms with Gasteiger partial charge in [-0.05, 0) is 67.4 Å². The largest absolute Gasteiger partial charge is 0.494 e. The van der Waals surface area contributed by atoms with E-state index in [4.69, 9.17) is 18.9 Å². The highest BCUT2D eigenvalue weighted by molar-refractivity contribution is 7.92. The van der Waals surface area contributed by atoms with Crippen LogP contribution < -0.4 is 28.6 Å². The summed E-state index contributed by atoms with van der Waals surface area (Å²) in [7, 11) is -1.26. The van der Waals surface area contributed by atoms with Gasteiger partial charge >= 0.3 is 0 Å². The van der Waals surface area contributed by atoms with Crippen molar-refractivity contribution in [1.29, 1.82) is 0 Å². The number of nitrogens with zero attached hydrogens (tertiary/aromatic N) is 1. The standard InChI is InChI=1S/C28H34N2O7S/c1-5-21-7-11-24(12-8-21)37-18-17-29-28(31)20-30(22-9-13-23(14-10-22)36-6-2)38(32,33)25-15-16-26(34-3)27(19-25)35-4/h7-16,19H,5-6,17-18,20H2,1-4H3,(H,29,31). The first-order chi connectivity index (χ1) is 18.3. The number of amides is 1. The Kier molecular flexibility index (Phi) is 10.2. The molecule has 0 bridgehead atoms. The van der Waals surface area contributed by atoms with E-state index < -0.39 is 22.5 Å². The lowest BCUT2D eigenvalue weighted by molar-refractivity contribution is -0.119. The molecular formula is C28H34N2O7S. The third-order valence-corrected chi connectivity index (χ3v) is 7.46. The van der Waals surface area contributed by atoms with Crippen LogP contribution in [0.2, 0.25) is 0 Å². The molecule has 38 heavy (non-hydrogen) atoms. The molecule has 9 nitrogen and oxygen atoms in total. The molecule has 204 valence electrons. The number of benzene rings is 3. The van der Waals surface area contributed by atoms with E-state index >= 15 is 0 Å². The minimum atomic E-state index is -4.15. The first-order valence-corrected chi connectivity index (χ1v) is 13.7. The third kappa shape index (κ3) is 7.32. The molecule has 10 heteroatoms. The Morgan fingerprint density at radius 1 is 0.842 bits per heavy atom. The number of hydrogen-bond donors (Lipinski definition) is 1. The van der Waals surface area contributed by atoms with Gasteiger partial charge in [0.05, 0.1) is 38.0 Å². The lowest BCUT2D eigenvalue weighted by Gasteiger charge is -2.24. The van der Waals surface area contributed by atoms with Crippen LogP contribution in [-0.4, -0.2) is 54.8 Å². The van der Waals surface area contributed by atoms with Crippen molar-refractivity contribution >= 4 is 21.6 Å². The van der Waals surface area contributed by atoms with Gasteiger partial charge in [0, 0.05) is 6.07 Å². The van der Waals surface area contributed by atoms with Crippen molar-refractivity contribution in [3.63, 3.8) is 0 Å². The van der Waals surface area contributed by atoms with E-state index in [-0.39, 0.29) is 23.8 Å². The van der Waals surface area contributed by atoms with Crippen LogP contribution in [0, 0.1) is 0 Å². The van der Waals surface area contributed by atoms with E-state index in [1.807, 2.05) is 31.2 Å².